The van der Waals surface area contributed by atoms with E-state index in [9.17, 15) is 47.9 Å². The van der Waals surface area contributed by atoms with Crippen molar-refractivity contribution in [2.45, 2.75) is 0 Å². The van der Waals surface area contributed by atoms with Crippen molar-refractivity contribution in [3.63, 3.8) is 0 Å². The normalized spacial score (nSPS) is 14.8. The van der Waals surface area contributed by atoms with Crippen LogP contribution >= 0.6 is 0 Å². The van der Waals surface area contributed by atoms with Gasteiger partial charge in [0.25, 0.3) is 47.3 Å². The molecule has 0 radical (unpaired) electrons. The highest BCUT2D eigenvalue weighted by Gasteiger charge is 2.39. The topological polar surface area (TPSA) is 210 Å². The minimum atomic E-state index is -0.651. The van der Waals surface area contributed by atoms with E-state index < -0.39 is 58.8 Å². The molecule has 0 unspecified atom stereocenters. The fourth-order valence-corrected chi connectivity index (χ4v) is 7.65. The highest BCUT2D eigenvalue weighted by atomic mass is 16.5. The number of carbonyl (C=O) groups is 10. The van der Waals surface area contributed by atoms with Gasteiger partial charge in [-0.15, -0.1) is 0 Å². The van der Waals surface area contributed by atoms with Crippen molar-refractivity contribution in [2.24, 2.45) is 0 Å². The molecule has 292 valence electrons. The highest BCUT2D eigenvalue weighted by Crippen LogP contribution is 2.35. The van der Waals surface area contributed by atoms with Crippen LogP contribution in [0.15, 0.2) is 121 Å². The van der Waals surface area contributed by atoms with Gasteiger partial charge in [0.1, 0.15) is 11.5 Å². The van der Waals surface area contributed by atoms with Crippen molar-refractivity contribution in [3.05, 3.63) is 188 Å². The third-order valence-corrected chi connectivity index (χ3v) is 10.7. The lowest BCUT2D eigenvalue weighted by Gasteiger charge is -2.16. The number of nitrogens with zero attached hydrogens (tertiary/aromatic N) is 2. The molecule has 0 bridgehead atoms. The molecule has 0 saturated heterocycles. The maximum atomic E-state index is 13.5. The quantitative estimate of drug-likeness (QED) is 0.149. The summed E-state index contributed by atoms with van der Waals surface area (Å²) in [4.78, 5) is 130. The minimum Gasteiger partial charge on any atom is -0.457 e. The molecule has 10 rings (SSSR count). The fourth-order valence-electron chi connectivity index (χ4n) is 7.65. The summed E-state index contributed by atoms with van der Waals surface area (Å²) in [6.07, 6.45) is 0. The second-order valence-electron chi connectivity index (χ2n) is 14.2. The molecular weight excluding hydrogens is 785 g/mol. The minimum absolute atomic E-state index is 0.0171. The first-order valence-electron chi connectivity index (χ1n) is 18.4. The zero-order valence-corrected chi connectivity index (χ0v) is 30.9. The molecule has 0 saturated carbocycles. The summed E-state index contributed by atoms with van der Waals surface area (Å²) in [5, 5.41) is 4.34. The smallest absolute Gasteiger partial charge is 0.266 e. The summed E-state index contributed by atoms with van der Waals surface area (Å²) < 4.78 is 5.95. The van der Waals surface area contributed by atoms with Crippen molar-refractivity contribution in [3.8, 4) is 11.5 Å². The Balaban J connectivity index is 0.811. The Kier molecular flexibility index (Phi) is 7.92. The molecule has 15 heteroatoms. The Morgan fingerprint density at radius 1 is 0.344 bits per heavy atom. The van der Waals surface area contributed by atoms with Gasteiger partial charge >= 0.3 is 0 Å². The number of nitrogens with one attached hydrogen (secondary N) is 2. The lowest BCUT2D eigenvalue weighted by molar-refractivity contribution is 0.0863. The van der Waals surface area contributed by atoms with Gasteiger partial charge in [0.15, 0.2) is 11.6 Å². The number of benzene rings is 6. The van der Waals surface area contributed by atoms with Crippen LogP contribution in [0.2, 0.25) is 0 Å². The van der Waals surface area contributed by atoms with Crippen LogP contribution in [-0.2, 0) is 0 Å². The van der Waals surface area contributed by atoms with Gasteiger partial charge in [-0.2, -0.15) is 0 Å². The molecule has 0 aliphatic carbocycles. The van der Waals surface area contributed by atoms with Crippen molar-refractivity contribution in [2.75, 3.05) is 9.80 Å². The third kappa shape index (κ3) is 5.67. The first-order chi connectivity index (χ1) is 29.4. The first-order valence-corrected chi connectivity index (χ1v) is 18.4. The molecule has 6 aromatic carbocycles. The number of hydrogen-bond acceptors (Lipinski definition) is 11. The fraction of sp³-hybridized carbons (Fsp3) is 0. The molecule has 8 amide bonds. The summed E-state index contributed by atoms with van der Waals surface area (Å²) in [7, 11) is 0. The van der Waals surface area contributed by atoms with Crippen molar-refractivity contribution < 1.29 is 52.7 Å². The van der Waals surface area contributed by atoms with E-state index in [0.29, 0.717) is 11.5 Å². The lowest BCUT2D eigenvalue weighted by atomic mass is 9.96. The number of carbonyl (C=O) groups excluding carboxylic acids is 10. The van der Waals surface area contributed by atoms with Gasteiger partial charge in [0, 0.05) is 22.3 Å². The maximum absolute atomic E-state index is 13.5. The number of anilines is 2. The van der Waals surface area contributed by atoms with Crippen LogP contribution in [0.4, 0.5) is 11.4 Å². The molecule has 4 heterocycles. The Hall–Kier alpha value is -8.98. The predicted molar refractivity (Wildman–Crippen MR) is 211 cm³/mol. The van der Waals surface area contributed by atoms with Crippen molar-refractivity contribution in [1.29, 1.82) is 0 Å². The van der Waals surface area contributed by atoms with E-state index in [4.69, 9.17) is 4.74 Å². The molecule has 0 atom stereocenters. The van der Waals surface area contributed by atoms with Crippen LogP contribution in [-0.4, -0.2) is 58.8 Å². The molecule has 2 N–H and O–H groups in total. The second-order valence-corrected chi connectivity index (χ2v) is 14.2. The van der Waals surface area contributed by atoms with E-state index in [-0.39, 0.29) is 78.1 Å². The average molecular weight is 807 g/mol. The molecule has 6 aromatic rings. The van der Waals surface area contributed by atoms with Gasteiger partial charge in [-0.25, -0.2) is 9.80 Å². The van der Waals surface area contributed by atoms with Gasteiger partial charge in [0.2, 0.25) is 0 Å². The highest BCUT2D eigenvalue weighted by molar-refractivity contribution is 6.36. The van der Waals surface area contributed by atoms with Crippen LogP contribution < -0.4 is 25.2 Å². The van der Waals surface area contributed by atoms with E-state index in [1.54, 1.807) is 0 Å². The molecule has 0 aromatic heterocycles. The number of imide groups is 4. The largest absolute Gasteiger partial charge is 0.457 e. The van der Waals surface area contributed by atoms with Crippen molar-refractivity contribution in [1.82, 2.24) is 10.6 Å². The van der Waals surface area contributed by atoms with E-state index in [1.807, 2.05) is 0 Å². The Morgan fingerprint density at radius 2 is 0.639 bits per heavy atom. The Labute approximate surface area is 342 Å². The van der Waals surface area contributed by atoms with E-state index in [2.05, 4.69) is 10.6 Å². The molecule has 0 spiro atoms. The van der Waals surface area contributed by atoms with Gasteiger partial charge in [0.05, 0.1) is 55.9 Å². The monoisotopic (exact) mass is 806 g/mol. The second kappa shape index (κ2) is 13.3. The Bertz CT molecular complexity index is 2940. The summed E-state index contributed by atoms with van der Waals surface area (Å²) in [6.45, 7) is 0. The SMILES string of the molecule is O=C(c1ccc2c(c1)C(=O)NC2=O)c1ccc2c(c1)C(=O)N(c1ccc(Oc3ccc(N4C(=O)c5ccc(C(=O)c6ccc7c(c6)C(=O)NC7=O)cc5C4=O)cc3)cc1)C2=O. The van der Waals surface area contributed by atoms with Crippen LogP contribution in [0.5, 0.6) is 11.5 Å². The number of ether oxygens (including phenoxy) is 1. The van der Waals surface area contributed by atoms with Crippen LogP contribution in [0.1, 0.15) is 115 Å². The van der Waals surface area contributed by atoms with Gasteiger partial charge in [-0.3, -0.25) is 58.6 Å². The van der Waals surface area contributed by atoms with Gasteiger partial charge in [-0.1, -0.05) is 24.3 Å². The molecular formula is C46H22N4O11. The summed E-state index contributed by atoms with van der Waals surface area (Å²) >= 11 is 0. The molecule has 4 aliphatic rings. The zero-order chi connectivity index (χ0) is 42.4. The van der Waals surface area contributed by atoms with Crippen LogP contribution in [0.25, 0.3) is 0 Å². The average Bonchev–Trinajstić information content (AvgIpc) is 3.91. The first kappa shape index (κ1) is 36.4. The number of fused-ring (bicyclic) bond motifs is 4. The number of hydrogen-bond donors (Lipinski definition) is 2. The summed E-state index contributed by atoms with van der Waals surface area (Å²) in [5.74, 6) is -5.19. The van der Waals surface area contributed by atoms with E-state index in [0.717, 1.165) is 9.80 Å². The summed E-state index contributed by atoms with van der Waals surface area (Å²) in [5.41, 5.74) is 1.63. The maximum Gasteiger partial charge on any atom is 0.266 e. The number of rotatable bonds is 8. The standard InChI is InChI=1S/C46H22N4O11/c51-37(21-1-13-29-33(17-21)41(55)47-39(29)53)23-3-15-31-35(19-23)45(59)49(43(31)57)25-5-9-27(10-6-25)61-28-11-7-26(8-12-28)50-44(58)32-16-4-24(20-36(32)46(50)60)38(52)22-2-14-30-34(18-22)42(56)48-40(30)54/h1-20H,(H,47,53,55)(H,48,54,56). The van der Waals surface area contributed by atoms with E-state index >= 15 is 0 Å². The molecule has 4 aliphatic heterocycles. The number of amides is 8. The molecule has 61 heavy (non-hydrogen) atoms. The predicted octanol–water partition coefficient (Wildman–Crippen LogP) is 5.31. The van der Waals surface area contributed by atoms with Gasteiger partial charge in [-0.05, 0) is 97.1 Å². The lowest BCUT2D eigenvalue weighted by Crippen LogP contribution is -2.29. The van der Waals surface area contributed by atoms with Crippen LogP contribution in [0, 0.1) is 0 Å². The molecule has 0 fully saturated rings. The molecule has 15 nitrogen and oxygen atoms in total. The van der Waals surface area contributed by atoms with Crippen molar-refractivity contribution >= 4 is 70.2 Å². The zero-order valence-electron chi connectivity index (χ0n) is 30.9. The van der Waals surface area contributed by atoms with Crippen LogP contribution in [0.3, 0.4) is 0 Å². The summed E-state index contributed by atoms with van der Waals surface area (Å²) in [6, 6.07) is 28.6. The van der Waals surface area contributed by atoms with Gasteiger partial charge < -0.3 is 4.74 Å². The Morgan fingerprint density at radius 3 is 1.00 bits per heavy atom. The number of ketones is 2. The third-order valence-electron chi connectivity index (χ3n) is 10.7. The van der Waals surface area contributed by atoms with E-state index in [1.165, 1.54) is 121 Å².